The van der Waals surface area contributed by atoms with Gasteiger partial charge in [0.05, 0.1) is 0 Å². The zero-order valence-electron chi connectivity index (χ0n) is 5.93. The smallest absolute Gasteiger partial charge is 0.332 e. The highest BCUT2D eigenvalue weighted by Crippen LogP contribution is 2.08. The molecule has 1 N–H and O–H groups in total. The maximum Gasteiger partial charge on any atom is 0.332 e. The third kappa shape index (κ3) is 3.67. The lowest BCUT2D eigenvalue weighted by Gasteiger charge is -1.96. The lowest BCUT2D eigenvalue weighted by Crippen LogP contribution is -1.98. The molecule has 0 aromatic heterocycles. The van der Waals surface area contributed by atoms with Gasteiger partial charge in [-0.1, -0.05) is 29.3 Å². The number of halogens is 1. The molecule has 0 aromatic rings. The fourth-order valence-electron chi connectivity index (χ4n) is 0.575. The van der Waals surface area contributed by atoms with Crippen molar-refractivity contribution in [2.75, 3.05) is 0 Å². The molecular weight excluding hydrogens is 196 g/mol. The first-order valence-corrected chi connectivity index (χ1v) is 4.16. The van der Waals surface area contributed by atoms with Gasteiger partial charge in [-0.3, -0.25) is 0 Å². The molecule has 10 heavy (non-hydrogen) atoms. The van der Waals surface area contributed by atoms with Crippen molar-refractivity contribution >= 4 is 21.9 Å². The van der Waals surface area contributed by atoms with Crippen LogP contribution in [0.3, 0.4) is 0 Å². The maximum absolute atomic E-state index is 10.3. The summed E-state index contributed by atoms with van der Waals surface area (Å²) in [6.45, 7) is 2.04. The molecule has 0 aliphatic carbocycles. The topological polar surface area (TPSA) is 37.3 Å². The second-order valence-corrected chi connectivity index (χ2v) is 2.50. The van der Waals surface area contributed by atoms with Crippen molar-refractivity contribution < 1.29 is 9.90 Å². The van der Waals surface area contributed by atoms with E-state index in [-0.39, 0.29) is 0 Å². The van der Waals surface area contributed by atoms with Gasteiger partial charge in [-0.2, -0.15) is 0 Å². The van der Waals surface area contributed by atoms with Gasteiger partial charge in [0, 0.05) is 5.57 Å². The van der Waals surface area contributed by atoms with E-state index in [1.807, 2.05) is 6.92 Å². The minimum absolute atomic E-state index is 0.446. The molecule has 0 fully saturated rings. The van der Waals surface area contributed by atoms with Crippen molar-refractivity contribution in [3.63, 3.8) is 0 Å². The van der Waals surface area contributed by atoms with Crippen molar-refractivity contribution in [3.8, 4) is 0 Å². The van der Waals surface area contributed by atoms with Gasteiger partial charge in [-0.05, 0) is 17.8 Å². The van der Waals surface area contributed by atoms with Crippen LogP contribution in [0, 0.1) is 0 Å². The Morgan fingerprint density at radius 3 is 2.60 bits per heavy atom. The number of hydrogen-bond acceptors (Lipinski definition) is 1. The van der Waals surface area contributed by atoms with Gasteiger partial charge in [-0.15, -0.1) is 0 Å². The lowest BCUT2D eigenvalue weighted by molar-refractivity contribution is -0.132. The molecule has 2 nitrogen and oxygen atoms in total. The summed E-state index contributed by atoms with van der Waals surface area (Å²) in [4.78, 5) is 11.8. The van der Waals surface area contributed by atoms with Gasteiger partial charge in [0.25, 0.3) is 0 Å². The predicted molar refractivity (Wildman–Crippen MR) is 44.2 cm³/mol. The van der Waals surface area contributed by atoms with Crippen LogP contribution in [0.2, 0.25) is 0 Å². The van der Waals surface area contributed by atoms with Crippen LogP contribution in [-0.4, -0.2) is 11.1 Å². The Labute approximate surface area is 69.1 Å². The van der Waals surface area contributed by atoms with E-state index in [0.29, 0.717) is 12.0 Å². The van der Waals surface area contributed by atoms with Gasteiger partial charge in [-0.25, -0.2) is 4.79 Å². The van der Waals surface area contributed by atoms with Crippen LogP contribution in [0.25, 0.3) is 0 Å². The Bertz CT molecular complexity index is 141. The molecule has 58 valence electrons. The van der Waals surface area contributed by atoms with Gasteiger partial charge in [0.1, 0.15) is 0 Å². The summed E-state index contributed by atoms with van der Waals surface area (Å²) in [7, 11) is 0. The molecule has 0 unspecified atom stereocenters. The third-order valence-electron chi connectivity index (χ3n) is 1.21. The molecule has 0 spiro atoms. The standard InChI is InChI=1S/C7H11BrO2/c1-2-3-4-6(5-8)7(9)10/h5H,2-4H2,1H3,(H,9,10)/b6-5+. The van der Waals surface area contributed by atoms with Crippen LogP contribution < -0.4 is 0 Å². The van der Waals surface area contributed by atoms with Crippen molar-refractivity contribution in [2.24, 2.45) is 0 Å². The number of hydrogen-bond donors (Lipinski definition) is 1. The van der Waals surface area contributed by atoms with Gasteiger partial charge in [0.15, 0.2) is 0 Å². The monoisotopic (exact) mass is 206 g/mol. The molecule has 3 heteroatoms. The fourth-order valence-corrected chi connectivity index (χ4v) is 1.00. The van der Waals surface area contributed by atoms with Gasteiger partial charge >= 0.3 is 5.97 Å². The number of carbonyl (C=O) groups is 1. The zero-order chi connectivity index (χ0) is 7.98. The summed E-state index contributed by atoms with van der Waals surface area (Å²) in [5, 5.41) is 8.50. The van der Waals surface area contributed by atoms with Crippen molar-refractivity contribution in [2.45, 2.75) is 26.2 Å². The highest BCUT2D eigenvalue weighted by molar-refractivity contribution is 9.11. The molecule has 0 saturated heterocycles. The van der Waals surface area contributed by atoms with E-state index in [4.69, 9.17) is 5.11 Å². The highest BCUT2D eigenvalue weighted by atomic mass is 79.9. The molecule has 0 saturated carbocycles. The van der Waals surface area contributed by atoms with E-state index in [0.717, 1.165) is 12.8 Å². The Kier molecular flexibility index (Phi) is 5.30. The van der Waals surface area contributed by atoms with Crippen molar-refractivity contribution in [1.29, 1.82) is 0 Å². The number of rotatable bonds is 4. The Balaban J connectivity index is 3.74. The molecule has 0 aliphatic heterocycles. The third-order valence-corrected chi connectivity index (χ3v) is 1.76. The van der Waals surface area contributed by atoms with E-state index in [2.05, 4.69) is 15.9 Å². The molecular formula is C7H11BrO2. The summed E-state index contributed by atoms with van der Waals surface area (Å²) in [5.74, 6) is -0.828. The van der Waals surface area contributed by atoms with E-state index in [1.54, 1.807) is 0 Å². The first-order valence-electron chi connectivity index (χ1n) is 3.25. The molecule has 0 aromatic carbocycles. The van der Waals surface area contributed by atoms with Crippen LogP contribution in [0.5, 0.6) is 0 Å². The second-order valence-electron chi connectivity index (χ2n) is 2.04. The number of unbranched alkanes of at least 4 members (excludes halogenated alkanes) is 1. The second kappa shape index (κ2) is 5.47. The Hall–Kier alpha value is -0.310. The van der Waals surface area contributed by atoms with Crippen molar-refractivity contribution in [1.82, 2.24) is 0 Å². The van der Waals surface area contributed by atoms with E-state index in [1.165, 1.54) is 4.99 Å². The first kappa shape index (κ1) is 9.69. The van der Waals surface area contributed by atoms with Crippen LogP contribution in [0.1, 0.15) is 26.2 Å². The van der Waals surface area contributed by atoms with E-state index in [9.17, 15) is 4.79 Å². The molecule has 0 rings (SSSR count). The largest absolute Gasteiger partial charge is 0.478 e. The summed E-state index contributed by atoms with van der Waals surface area (Å²) >= 11 is 3.00. The molecule has 0 bridgehead atoms. The van der Waals surface area contributed by atoms with Crippen LogP contribution >= 0.6 is 15.9 Å². The van der Waals surface area contributed by atoms with Gasteiger partial charge in [0.2, 0.25) is 0 Å². The predicted octanol–water partition coefficient (Wildman–Crippen LogP) is 2.54. The van der Waals surface area contributed by atoms with Crippen LogP contribution in [0.4, 0.5) is 0 Å². The average molecular weight is 207 g/mol. The molecule has 0 heterocycles. The summed E-state index contributed by atoms with van der Waals surface area (Å²) < 4.78 is 0. The zero-order valence-corrected chi connectivity index (χ0v) is 7.52. The maximum atomic E-state index is 10.3. The van der Waals surface area contributed by atoms with Gasteiger partial charge < -0.3 is 5.11 Å². The SMILES string of the molecule is CCCC/C(=C\Br)C(=O)O. The number of aliphatic carboxylic acids is 1. The number of carboxylic acids is 1. The fraction of sp³-hybridized carbons (Fsp3) is 0.571. The number of carboxylic acid groups (broad SMARTS) is 1. The Morgan fingerprint density at radius 1 is 1.70 bits per heavy atom. The van der Waals surface area contributed by atoms with Crippen LogP contribution in [0.15, 0.2) is 10.6 Å². The quantitative estimate of drug-likeness (QED) is 0.719. The highest BCUT2D eigenvalue weighted by Gasteiger charge is 2.03. The summed E-state index contributed by atoms with van der Waals surface area (Å²) in [6.07, 6.45) is 2.61. The van der Waals surface area contributed by atoms with E-state index >= 15 is 0 Å². The molecule has 0 atom stereocenters. The lowest BCUT2D eigenvalue weighted by atomic mass is 10.1. The summed E-state index contributed by atoms with van der Waals surface area (Å²) in [6, 6.07) is 0. The summed E-state index contributed by atoms with van der Waals surface area (Å²) in [5.41, 5.74) is 0.446. The van der Waals surface area contributed by atoms with Crippen molar-refractivity contribution in [3.05, 3.63) is 10.6 Å². The normalized spacial score (nSPS) is 11.6. The Morgan fingerprint density at radius 2 is 2.30 bits per heavy atom. The van der Waals surface area contributed by atoms with Crippen LogP contribution in [-0.2, 0) is 4.79 Å². The molecule has 0 aliphatic rings. The molecule has 0 radical (unpaired) electrons. The minimum atomic E-state index is -0.828. The minimum Gasteiger partial charge on any atom is -0.478 e. The average Bonchev–Trinajstić information content (AvgIpc) is 1.89. The van der Waals surface area contributed by atoms with E-state index < -0.39 is 5.97 Å². The molecule has 0 amide bonds. The first-order chi connectivity index (χ1) is 4.72.